The second-order valence-electron chi connectivity index (χ2n) is 6.35. The fourth-order valence-corrected chi connectivity index (χ4v) is 4.80. The van der Waals surface area contributed by atoms with Gasteiger partial charge in [-0.05, 0) is 49.9 Å². The van der Waals surface area contributed by atoms with Crippen LogP contribution in [0.4, 0.5) is 0 Å². The molecule has 0 amide bonds. The fraction of sp³-hybridized carbons (Fsp3) is 0.625. The van der Waals surface area contributed by atoms with Crippen molar-refractivity contribution in [2.75, 3.05) is 20.1 Å². The molecule has 3 atom stereocenters. The quantitative estimate of drug-likeness (QED) is 0.930. The van der Waals surface area contributed by atoms with Crippen molar-refractivity contribution < 1.29 is 8.42 Å². The first-order valence-electron chi connectivity index (χ1n) is 7.62. The normalized spacial score (nSPS) is 25.7. The van der Waals surface area contributed by atoms with Crippen molar-refractivity contribution >= 4 is 10.0 Å². The summed E-state index contributed by atoms with van der Waals surface area (Å²) in [6.45, 7) is 7.52. The Bertz CT molecular complexity index is 576. The van der Waals surface area contributed by atoms with E-state index in [1.54, 1.807) is 16.4 Å². The monoisotopic (exact) mass is 310 g/mol. The number of benzene rings is 1. The minimum Gasteiger partial charge on any atom is -0.313 e. The topological polar surface area (TPSA) is 49.4 Å². The van der Waals surface area contributed by atoms with Crippen molar-refractivity contribution in [3.8, 4) is 0 Å². The van der Waals surface area contributed by atoms with E-state index in [-0.39, 0.29) is 6.04 Å². The molecule has 1 aliphatic heterocycles. The molecule has 0 bridgehead atoms. The zero-order valence-corrected chi connectivity index (χ0v) is 14.2. The van der Waals surface area contributed by atoms with Gasteiger partial charge in [-0.15, -0.1) is 0 Å². The van der Waals surface area contributed by atoms with Gasteiger partial charge in [0.1, 0.15) is 0 Å². The minimum atomic E-state index is -3.39. The highest BCUT2D eigenvalue weighted by Gasteiger charge is 2.31. The van der Waals surface area contributed by atoms with Gasteiger partial charge >= 0.3 is 0 Å². The van der Waals surface area contributed by atoms with E-state index in [4.69, 9.17) is 0 Å². The predicted molar refractivity (Wildman–Crippen MR) is 85.6 cm³/mol. The third-order valence-electron chi connectivity index (χ3n) is 4.26. The third kappa shape index (κ3) is 3.65. The van der Waals surface area contributed by atoms with E-state index in [2.05, 4.69) is 19.2 Å². The Morgan fingerprint density at radius 1 is 1.24 bits per heavy atom. The van der Waals surface area contributed by atoms with Gasteiger partial charge in [0.25, 0.3) is 0 Å². The van der Waals surface area contributed by atoms with Gasteiger partial charge in [-0.3, -0.25) is 0 Å². The third-order valence-corrected chi connectivity index (χ3v) is 6.09. The standard InChI is InChI=1S/C16H26N2O2S/c1-12-8-13(2)11-18(10-12)21(19,20)16-7-5-6-15(9-16)14(3)17-4/h5-7,9,12-14,17H,8,10-11H2,1-4H3. The van der Waals surface area contributed by atoms with E-state index in [0.29, 0.717) is 29.8 Å². The molecule has 5 heteroatoms. The van der Waals surface area contributed by atoms with E-state index in [1.165, 1.54) is 0 Å². The smallest absolute Gasteiger partial charge is 0.243 e. The Morgan fingerprint density at radius 2 is 1.86 bits per heavy atom. The van der Waals surface area contributed by atoms with E-state index in [9.17, 15) is 8.42 Å². The summed E-state index contributed by atoms with van der Waals surface area (Å²) < 4.78 is 27.3. The van der Waals surface area contributed by atoms with Gasteiger partial charge in [0.15, 0.2) is 0 Å². The molecular weight excluding hydrogens is 284 g/mol. The zero-order valence-electron chi connectivity index (χ0n) is 13.3. The second-order valence-corrected chi connectivity index (χ2v) is 8.29. The summed E-state index contributed by atoms with van der Waals surface area (Å²) in [5.41, 5.74) is 0.997. The van der Waals surface area contributed by atoms with Crippen LogP contribution in [0.2, 0.25) is 0 Å². The molecule has 3 unspecified atom stereocenters. The van der Waals surface area contributed by atoms with Crippen LogP contribution in [0.1, 0.15) is 38.8 Å². The van der Waals surface area contributed by atoms with Gasteiger partial charge in [0, 0.05) is 19.1 Å². The largest absolute Gasteiger partial charge is 0.313 e. The van der Waals surface area contributed by atoms with Crippen LogP contribution in [0.3, 0.4) is 0 Å². The molecule has 1 heterocycles. The average Bonchev–Trinajstić information content (AvgIpc) is 2.45. The summed E-state index contributed by atoms with van der Waals surface area (Å²) >= 11 is 0. The Balaban J connectivity index is 2.31. The van der Waals surface area contributed by atoms with E-state index in [0.717, 1.165) is 12.0 Å². The summed E-state index contributed by atoms with van der Waals surface area (Å²) in [4.78, 5) is 0.406. The number of rotatable bonds is 4. The molecule has 118 valence electrons. The molecule has 0 spiro atoms. The fourth-order valence-electron chi connectivity index (χ4n) is 3.06. The number of nitrogens with one attached hydrogen (secondary N) is 1. The molecule has 1 saturated heterocycles. The van der Waals surface area contributed by atoms with Crippen molar-refractivity contribution in [1.29, 1.82) is 0 Å². The maximum Gasteiger partial charge on any atom is 0.243 e. The molecule has 0 aromatic heterocycles. The number of hydrogen-bond acceptors (Lipinski definition) is 3. The Hall–Kier alpha value is -0.910. The highest BCUT2D eigenvalue weighted by molar-refractivity contribution is 7.89. The van der Waals surface area contributed by atoms with Crippen molar-refractivity contribution in [3.63, 3.8) is 0 Å². The highest BCUT2D eigenvalue weighted by Crippen LogP contribution is 2.27. The molecule has 0 radical (unpaired) electrons. The van der Waals surface area contributed by atoms with Crippen molar-refractivity contribution in [3.05, 3.63) is 29.8 Å². The Kier molecular flexibility index (Phi) is 5.07. The van der Waals surface area contributed by atoms with Gasteiger partial charge in [-0.25, -0.2) is 8.42 Å². The minimum absolute atomic E-state index is 0.138. The lowest BCUT2D eigenvalue weighted by Crippen LogP contribution is -2.42. The molecule has 1 fully saturated rings. The van der Waals surface area contributed by atoms with Gasteiger partial charge in [0.05, 0.1) is 4.90 Å². The van der Waals surface area contributed by atoms with Crippen LogP contribution in [0.15, 0.2) is 29.2 Å². The first-order chi connectivity index (χ1) is 9.84. The molecule has 1 aliphatic rings. The molecule has 0 aliphatic carbocycles. The second kappa shape index (κ2) is 6.46. The van der Waals surface area contributed by atoms with Gasteiger partial charge in [-0.2, -0.15) is 4.31 Å². The lowest BCUT2D eigenvalue weighted by atomic mass is 9.94. The van der Waals surface area contributed by atoms with E-state index < -0.39 is 10.0 Å². The van der Waals surface area contributed by atoms with Crippen LogP contribution in [-0.4, -0.2) is 32.9 Å². The summed E-state index contributed by atoms with van der Waals surface area (Å²) in [7, 11) is -1.51. The number of hydrogen-bond donors (Lipinski definition) is 1. The average molecular weight is 310 g/mol. The maximum atomic E-state index is 12.8. The summed E-state index contributed by atoms with van der Waals surface area (Å²) in [6.07, 6.45) is 1.10. The Labute approximate surface area is 128 Å². The molecule has 1 aromatic rings. The molecule has 1 N–H and O–H groups in total. The van der Waals surface area contributed by atoms with Crippen LogP contribution in [-0.2, 0) is 10.0 Å². The van der Waals surface area contributed by atoms with Crippen LogP contribution in [0.25, 0.3) is 0 Å². The lowest BCUT2D eigenvalue weighted by Gasteiger charge is -2.34. The van der Waals surface area contributed by atoms with Crippen LogP contribution in [0, 0.1) is 11.8 Å². The lowest BCUT2D eigenvalue weighted by molar-refractivity contribution is 0.222. The number of piperidine rings is 1. The SMILES string of the molecule is CNC(C)c1cccc(S(=O)(=O)N2CC(C)CC(C)C2)c1. The summed E-state index contributed by atoms with van der Waals surface area (Å²) in [5, 5.41) is 3.15. The molecule has 21 heavy (non-hydrogen) atoms. The first-order valence-corrected chi connectivity index (χ1v) is 9.06. The molecule has 0 saturated carbocycles. The molecular formula is C16H26N2O2S. The van der Waals surface area contributed by atoms with Gasteiger partial charge in [-0.1, -0.05) is 26.0 Å². The van der Waals surface area contributed by atoms with Crippen LogP contribution >= 0.6 is 0 Å². The molecule has 1 aromatic carbocycles. The molecule has 2 rings (SSSR count). The number of nitrogens with zero attached hydrogens (tertiary/aromatic N) is 1. The maximum absolute atomic E-state index is 12.8. The summed E-state index contributed by atoms with van der Waals surface area (Å²) in [6, 6.07) is 7.42. The van der Waals surface area contributed by atoms with Crippen molar-refractivity contribution in [1.82, 2.24) is 9.62 Å². The van der Waals surface area contributed by atoms with Gasteiger partial charge in [0.2, 0.25) is 10.0 Å². The van der Waals surface area contributed by atoms with Crippen LogP contribution in [0.5, 0.6) is 0 Å². The first kappa shape index (κ1) is 16.5. The van der Waals surface area contributed by atoms with E-state index >= 15 is 0 Å². The molecule has 4 nitrogen and oxygen atoms in total. The number of sulfonamides is 1. The van der Waals surface area contributed by atoms with Crippen molar-refractivity contribution in [2.24, 2.45) is 11.8 Å². The Morgan fingerprint density at radius 3 is 2.43 bits per heavy atom. The summed E-state index contributed by atoms with van der Waals surface area (Å²) in [5.74, 6) is 0.839. The zero-order chi connectivity index (χ0) is 15.6. The van der Waals surface area contributed by atoms with Gasteiger partial charge < -0.3 is 5.32 Å². The predicted octanol–water partition coefficient (Wildman–Crippen LogP) is 2.63. The van der Waals surface area contributed by atoms with E-state index in [1.807, 2.05) is 26.1 Å². The van der Waals surface area contributed by atoms with Crippen LogP contribution < -0.4 is 5.32 Å². The highest BCUT2D eigenvalue weighted by atomic mass is 32.2. The van der Waals surface area contributed by atoms with Crippen molar-refractivity contribution in [2.45, 2.75) is 38.1 Å².